The third kappa shape index (κ3) is 7.04. The number of halogens is 2. The maximum absolute atomic E-state index is 14.7. The number of benzene rings is 2. The largest absolute Gasteiger partial charge is 0.352 e. The lowest BCUT2D eigenvalue weighted by atomic mass is 9.95. The Bertz CT molecular complexity index is 1200. The molecule has 1 saturated carbocycles. The van der Waals surface area contributed by atoms with Gasteiger partial charge in [0.2, 0.25) is 11.8 Å². The molecule has 1 fully saturated rings. The van der Waals surface area contributed by atoms with Crippen molar-refractivity contribution in [2.75, 3.05) is 24.9 Å². The Morgan fingerprint density at radius 2 is 1.57 bits per heavy atom. The van der Waals surface area contributed by atoms with E-state index in [9.17, 15) is 26.8 Å². The van der Waals surface area contributed by atoms with Crippen LogP contribution in [0.4, 0.5) is 14.5 Å². The average Bonchev–Trinajstić information content (AvgIpc) is 2.87. The number of hydrogen-bond donors (Lipinski definition) is 1. The zero-order valence-electron chi connectivity index (χ0n) is 21.4. The molecule has 1 atom stereocenters. The Morgan fingerprint density at radius 1 is 0.973 bits per heavy atom. The molecule has 37 heavy (non-hydrogen) atoms. The number of para-hydroxylation sites is 1. The fourth-order valence-corrected chi connectivity index (χ4v) is 5.38. The lowest BCUT2D eigenvalue weighted by molar-refractivity contribution is -0.139. The van der Waals surface area contributed by atoms with E-state index in [-0.39, 0.29) is 23.8 Å². The Labute approximate surface area is 217 Å². The summed E-state index contributed by atoms with van der Waals surface area (Å²) in [6.07, 6.45) is 4.77. The van der Waals surface area contributed by atoms with Crippen LogP contribution in [0.15, 0.2) is 48.5 Å². The molecule has 0 aromatic heterocycles. The molecule has 0 radical (unpaired) electrons. The van der Waals surface area contributed by atoms with Gasteiger partial charge in [-0.15, -0.1) is 0 Å². The van der Waals surface area contributed by atoms with E-state index >= 15 is 0 Å². The van der Waals surface area contributed by atoms with Gasteiger partial charge in [0.1, 0.15) is 24.2 Å². The lowest BCUT2D eigenvalue weighted by Gasteiger charge is -2.34. The van der Waals surface area contributed by atoms with Crippen molar-refractivity contribution in [2.24, 2.45) is 0 Å². The first-order chi connectivity index (χ1) is 17.5. The van der Waals surface area contributed by atoms with Gasteiger partial charge in [0.15, 0.2) is 0 Å². The predicted octanol–water partition coefficient (Wildman–Crippen LogP) is 3.44. The maximum atomic E-state index is 14.7. The van der Waals surface area contributed by atoms with Gasteiger partial charge in [0, 0.05) is 32.2 Å². The monoisotopic (exact) mass is 536 g/mol. The first kappa shape index (κ1) is 28.5. The van der Waals surface area contributed by atoms with Gasteiger partial charge >= 0.3 is 10.2 Å². The highest BCUT2D eigenvalue weighted by Crippen LogP contribution is 2.24. The second-order valence-corrected chi connectivity index (χ2v) is 11.4. The average molecular weight is 537 g/mol. The summed E-state index contributed by atoms with van der Waals surface area (Å²) in [7, 11) is -1.75. The third-order valence-corrected chi connectivity index (χ3v) is 8.36. The standard InChI is InChI=1S/C26H34F2N4O4S/c1-19(26(34)29-21-12-5-4-6-13-21)31(17-20-11-7-8-14-22(20)27)25(33)18-32(37(35,36)30(2)3)24-16-10-9-15-23(24)28/h7-11,14-16,19,21H,4-6,12-13,17-18H2,1-3H3,(H,29,34)/t19-/m1/s1. The minimum absolute atomic E-state index is 0.0156. The van der Waals surface area contributed by atoms with Crippen molar-refractivity contribution < 1.29 is 26.8 Å². The van der Waals surface area contributed by atoms with Gasteiger partial charge in [0.05, 0.1) is 5.69 Å². The van der Waals surface area contributed by atoms with Crippen LogP contribution < -0.4 is 9.62 Å². The molecule has 0 aliphatic heterocycles. The van der Waals surface area contributed by atoms with Gasteiger partial charge in [-0.25, -0.2) is 13.1 Å². The topological polar surface area (TPSA) is 90.0 Å². The number of amides is 2. The Hall–Kier alpha value is -3.05. The van der Waals surface area contributed by atoms with Crippen LogP contribution in [0.5, 0.6) is 0 Å². The number of nitrogens with zero attached hydrogens (tertiary/aromatic N) is 3. The maximum Gasteiger partial charge on any atom is 0.304 e. The van der Waals surface area contributed by atoms with Gasteiger partial charge in [0.25, 0.3) is 0 Å². The fraction of sp³-hybridized carbons (Fsp3) is 0.462. The Kier molecular flexibility index (Phi) is 9.61. The minimum atomic E-state index is -4.29. The number of carbonyl (C=O) groups is 2. The molecule has 8 nitrogen and oxygen atoms in total. The SMILES string of the molecule is C[C@H](C(=O)NC1CCCCC1)N(Cc1ccccc1F)C(=O)CN(c1ccccc1F)S(=O)(=O)N(C)C. The van der Waals surface area contributed by atoms with Gasteiger partial charge in [-0.2, -0.15) is 12.7 Å². The number of rotatable bonds is 10. The van der Waals surface area contributed by atoms with E-state index in [4.69, 9.17) is 0 Å². The van der Waals surface area contributed by atoms with Crippen molar-refractivity contribution in [3.63, 3.8) is 0 Å². The Balaban J connectivity index is 1.94. The summed E-state index contributed by atoms with van der Waals surface area (Å²) < 4.78 is 56.9. The number of anilines is 1. The van der Waals surface area contributed by atoms with Gasteiger partial charge in [-0.3, -0.25) is 9.59 Å². The molecule has 2 aromatic carbocycles. The van der Waals surface area contributed by atoms with Crippen LogP contribution >= 0.6 is 0 Å². The molecule has 1 aliphatic rings. The van der Waals surface area contributed by atoms with Crippen molar-refractivity contribution in [3.05, 3.63) is 65.7 Å². The third-order valence-electron chi connectivity index (χ3n) is 6.56. The summed E-state index contributed by atoms with van der Waals surface area (Å²) in [5.41, 5.74) is -0.143. The molecule has 1 N–H and O–H groups in total. The molecule has 2 aromatic rings. The summed E-state index contributed by atoms with van der Waals surface area (Å²) >= 11 is 0. The van der Waals surface area contributed by atoms with Crippen LogP contribution in [-0.4, -0.2) is 62.2 Å². The van der Waals surface area contributed by atoms with Crippen molar-refractivity contribution in [1.29, 1.82) is 0 Å². The molecular formula is C26H34F2N4O4S. The fourth-order valence-electron chi connectivity index (χ4n) is 4.32. The van der Waals surface area contributed by atoms with Crippen LogP contribution in [0.25, 0.3) is 0 Å². The van der Waals surface area contributed by atoms with Gasteiger partial charge in [-0.1, -0.05) is 49.6 Å². The van der Waals surface area contributed by atoms with Crippen LogP contribution in [0, 0.1) is 11.6 Å². The van der Waals surface area contributed by atoms with E-state index in [0.717, 1.165) is 47.4 Å². The quantitative estimate of drug-likeness (QED) is 0.504. The van der Waals surface area contributed by atoms with Gasteiger partial charge < -0.3 is 10.2 Å². The van der Waals surface area contributed by atoms with Crippen molar-refractivity contribution in [1.82, 2.24) is 14.5 Å². The summed E-state index contributed by atoms with van der Waals surface area (Å²) in [6, 6.07) is 10.0. The van der Waals surface area contributed by atoms with E-state index < -0.39 is 46.2 Å². The van der Waals surface area contributed by atoms with Crippen molar-refractivity contribution in [3.8, 4) is 0 Å². The highest BCUT2D eigenvalue weighted by molar-refractivity contribution is 7.90. The second-order valence-electron chi connectivity index (χ2n) is 9.38. The summed E-state index contributed by atoms with van der Waals surface area (Å²) in [4.78, 5) is 27.9. The van der Waals surface area contributed by atoms with E-state index in [2.05, 4.69) is 5.32 Å². The predicted molar refractivity (Wildman–Crippen MR) is 138 cm³/mol. The molecule has 1 aliphatic carbocycles. The highest BCUT2D eigenvalue weighted by atomic mass is 32.2. The lowest BCUT2D eigenvalue weighted by Crippen LogP contribution is -2.54. The first-order valence-corrected chi connectivity index (χ1v) is 13.7. The zero-order valence-corrected chi connectivity index (χ0v) is 22.2. The van der Waals surface area contributed by atoms with Gasteiger partial charge in [-0.05, 0) is 38.0 Å². The first-order valence-electron chi connectivity index (χ1n) is 12.3. The van der Waals surface area contributed by atoms with Crippen LogP contribution in [0.2, 0.25) is 0 Å². The normalized spacial score (nSPS) is 15.3. The van der Waals surface area contributed by atoms with E-state index in [0.29, 0.717) is 4.31 Å². The molecule has 0 saturated heterocycles. The number of carbonyl (C=O) groups excluding carboxylic acids is 2. The minimum Gasteiger partial charge on any atom is -0.352 e. The highest BCUT2D eigenvalue weighted by Gasteiger charge is 2.34. The van der Waals surface area contributed by atoms with Crippen molar-refractivity contribution in [2.45, 2.75) is 57.7 Å². The van der Waals surface area contributed by atoms with Crippen molar-refractivity contribution >= 4 is 27.7 Å². The summed E-state index contributed by atoms with van der Waals surface area (Å²) in [5.74, 6) is -2.58. The molecule has 11 heteroatoms. The molecule has 3 rings (SSSR count). The molecule has 0 bridgehead atoms. The summed E-state index contributed by atoms with van der Waals surface area (Å²) in [5, 5.41) is 2.97. The molecule has 0 spiro atoms. The molecule has 0 unspecified atom stereocenters. The smallest absolute Gasteiger partial charge is 0.304 e. The van der Waals surface area contributed by atoms with Crippen LogP contribution in [0.1, 0.15) is 44.6 Å². The summed E-state index contributed by atoms with van der Waals surface area (Å²) in [6.45, 7) is 0.472. The van der Waals surface area contributed by atoms with Crippen LogP contribution in [-0.2, 0) is 26.3 Å². The molecule has 0 heterocycles. The Morgan fingerprint density at radius 3 is 2.16 bits per heavy atom. The zero-order chi connectivity index (χ0) is 27.2. The number of nitrogens with one attached hydrogen (secondary N) is 1. The molecular weight excluding hydrogens is 502 g/mol. The molecule has 202 valence electrons. The second kappa shape index (κ2) is 12.5. The van der Waals surface area contributed by atoms with E-state index in [1.165, 1.54) is 57.4 Å². The molecule has 2 amide bonds. The van der Waals surface area contributed by atoms with E-state index in [1.54, 1.807) is 6.07 Å². The number of hydrogen-bond acceptors (Lipinski definition) is 4. The van der Waals surface area contributed by atoms with Crippen LogP contribution in [0.3, 0.4) is 0 Å². The van der Waals surface area contributed by atoms with E-state index in [1.807, 2.05) is 0 Å².